The third-order valence-corrected chi connectivity index (χ3v) is 4.78. The maximum Gasteiger partial charge on any atom is 0.257 e. The highest BCUT2D eigenvalue weighted by molar-refractivity contribution is 7.13. The molecular weight excluding hydrogens is 342 g/mol. The first kappa shape index (κ1) is 16.2. The molecule has 1 amide bonds. The summed E-state index contributed by atoms with van der Waals surface area (Å²) in [5.74, 6) is -0.175. The predicted molar refractivity (Wildman–Crippen MR) is 105 cm³/mol. The van der Waals surface area contributed by atoms with Gasteiger partial charge in [0.1, 0.15) is 5.01 Å². The molecule has 0 radical (unpaired) electrons. The van der Waals surface area contributed by atoms with Crippen molar-refractivity contribution in [2.24, 2.45) is 0 Å². The van der Waals surface area contributed by atoms with Crippen LogP contribution in [0.3, 0.4) is 0 Å². The highest BCUT2D eigenvalue weighted by Gasteiger charge is 2.08. The number of rotatable bonds is 4. The summed E-state index contributed by atoms with van der Waals surface area (Å²) >= 11 is 1.62. The van der Waals surface area contributed by atoms with E-state index in [1.54, 1.807) is 35.9 Å². The molecular formula is C21H15N3OS. The summed E-state index contributed by atoms with van der Waals surface area (Å²) < 4.78 is 0. The van der Waals surface area contributed by atoms with E-state index in [2.05, 4.69) is 22.4 Å². The Bertz CT molecular complexity index is 1010. The Kier molecular flexibility index (Phi) is 4.53. The van der Waals surface area contributed by atoms with Crippen LogP contribution >= 0.6 is 11.3 Å². The third-order valence-electron chi connectivity index (χ3n) is 3.89. The average molecular weight is 357 g/mol. The second-order valence-electron chi connectivity index (χ2n) is 5.68. The maximum absolute atomic E-state index is 12.2. The number of aromatic nitrogens is 2. The normalized spacial score (nSPS) is 10.5. The summed E-state index contributed by atoms with van der Waals surface area (Å²) in [7, 11) is 0. The van der Waals surface area contributed by atoms with Crippen molar-refractivity contribution >= 4 is 22.9 Å². The van der Waals surface area contributed by atoms with Gasteiger partial charge in [0.2, 0.25) is 0 Å². The molecule has 1 N–H and O–H groups in total. The summed E-state index contributed by atoms with van der Waals surface area (Å²) in [6.45, 7) is 0. The van der Waals surface area contributed by atoms with Crippen LogP contribution in [0.2, 0.25) is 0 Å². The van der Waals surface area contributed by atoms with E-state index in [9.17, 15) is 4.79 Å². The van der Waals surface area contributed by atoms with Crippen LogP contribution in [0.15, 0.2) is 84.5 Å². The largest absolute Gasteiger partial charge is 0.322 e. The molecule has 2 aromatic heterocycles. The number of hydrogen-bond donors (Lipinski definition) is 1. The molecule has 2 heterocycles. The fourth-order valence-corrected chi connectivity index (χ4v) is 3.38. The Morgan fingerprint density at radius 1 is 0.885 bits per heavy atom. The summed E-state index contributed by atoms with van der Waals surface area (Å²) in [5.41, 5.74) is 4.33. The van der Waals surface area contributed by atoms with Crippen molar-refractivity contribution < 1.29 is 4.79 Å². The van der Waals surface area contributed by atoms with Gasteiger partial charge in [-0.1, -0.05) is 42.5 Å². The topological polar surface area (TPSA) is 54.9 Å². The minimum atomic E-state index is -0.175. The molecule has 26 heavy (non-hydrogen) atoms. The first-order valence-corrected chi connectivity index (χ1v) is 9.00. The molecule has 4 nitrogen and oxygen atoms in total. The number of thiazole rings is 1. The van der Waals surface area contributed by atoms with Crippen molar-refractivity contribution in [1.29, 1.82) is 0 Å². The number of nitrogens with zero attached hydrogens (tertiary/aromatic N) is 2. The molecule has 4 aromatic rings. The molecule has 0 unspecified atom stereocenters. The van der Waals surface area contributed by atoms with E-state index < -0.39 is 0 Å². The van der Waals surface area contributed by atoms with Gasteiger partial charge < -0.3 is 5.32 Å². The van der Waals surface area contributed by atoms with E-state index in [-0.39, 0.29) is 5.91 Å². The summed E-state index contributed by atoms with van der Waals surface area (Å²) in [6, 6.07) is 21.3. The molecule has 0 aliphatic heterocycles. The van der Waals surface area contributed by atoms with Gasteiger partial charge in [-0.3, -0.25) is 9.78 Å². The predicted octanol–water partition coefficient (Wildman–Crippen LogP) is 5.12. The lowest BCUT2D eigenvalue weighted by Gasteiger charge is -2.05. The van der Waals surface area contributed by atoms with Crippen molar-refractivity contribution in [1.82, 2.24) is 9.97 Å². The fraction of sp³-hybridized carbons (Fsp3) is 0. The SMILES string of the molecule is O=C(Nc1ccc(-c2csc(-c3ccccc3)n2)cc1)c1cccnc1. The number of anilines is 1. The van der Waals surface area contributed by atoms with Crippen molar-refractivity contribution in [3.05, 3.63) is 90.1 Å². The first-order valence-electron chi connectivity index (χ1n) is 8.12. The minimum Gasteiger partial charge on any atom is -0.322 e. The molecule has 0 saturated carbocycles. The summed E-state index contributed by atoms with van der Waals surface area (Å²) in [5, 5.41) is 5.91. The molecule has 4 rings (SSSR count). The number of amides is 1. The highest BCUT2D eigenvalue weighted by Crippen LogP contribution is 2.29. The van der Waals surface area contributed by atoms with E-state index in [4.69, 9.17) is 4.98 Å². The average Bonchev–Trinajstić information content (AvgIpc) is 3.20. The Hall–Kier alpha value is -3.31. The number of nitrogens with one attached hydrogen (secondary N) is 1. The lowest BCUT2D eigenvalue weighted by Crippen LogP contribution is -2.11. The van der Waals surface area contributed by atoms with E-state index in [1.807, 2.05) is 47.8 Å². The third kappa shape index (κ3) is 3.53. The molecule has 0 aliphatic rings. The zero-order valence-corrected chi connectivity index (χ0v) is 14.6. The number of carbonyl (C=O) groups is 1. The van der Waals surface area contributed by atoms with E-state index in [0.29, 0.717) is 5.56 Å². The molecule has 0 bridgehead atoms. The summed E-state index contributed by atoms with van der Waals surface area (Å²) in [6.07, 6.45) is 3.19. The molecule has 0 spiro atoms. The maximum atomic E-state index is 12.2. The Balaban J connectivity index is 1.50. The quantitative estimate of drug-likeness (QED) is 0.551. The number of benzene rings is 2. The first-order chi connectivity index (χ1) is 12.8. The second kappa shape index (κ2) is 7.29. The van der Waals surface area contributed by atoms with Crippen molar-refractivity contribution in [2.45, 2.75) is 0 Å². The van der Waals surface area contributed by atoms with Crippen LogP contribution in [0.1, 0.15) is 10.4 Å². The van der Waals surface area contributed by atoms with Gasteiger partial charge in [-0.2, -0.15) is 0 Å². The van der Waals surface area contributed by atoms with Gasteiger partial charge in [-0.05, 0) is 24.3 Å². The lowest BCUT2D eigenvalue weighted by atomic mass is 10.1. The smallest absolute Gasteiger partial charge is 0.257 e. The Morgan fingerprint density at radius 3 is 2.42 bits per heavy atom. The monoisotopic (exact) mass is 357 g/mol. The molecule has 2 aromatic carbocycles. The Labute approximate surface area is 155 Å². The molecule has 0 aliphatic carbocycles. The number of pyridine rings is 1. The van der Waals surface area contributed by atoms with Crippen molar-refractivity contribution in [3.8, 4) is 21.8 Å². The molecule has 0 fully saturated rings. The van der Waals surface area contributed by atoms with Gasteiger partial charge >= 0.3 is 0 Å². The minimum absolute atomic E-state index is 0.175. The van der Waals surface area contributed by atoms with Gasteiger partial charge in [-0.15, -0.1) is 11.3 Å². The lowest BCUT2D eigenvalue weighted by molar-refractivity contribution is 0.102. The second-order valence-corrected chi connectivity index (χ2v) is 6.54. The number of hydrogen-bond acceptors (Lipinski definition) is 4. The van der Waals surface area contributed by atoms with Gasteiger partial charge in [0.15, 0.2) is 0 Å². The van der Waals surface area contributed by atoms with Gasteiger partial charge in [-0.25, -0.2) is 4.98 Å². The van der Waals surface area contributed by atoms with Crippen LogP contribution < -0.4 is 5.32 Å². The molecule has 5 heteroatoms. The standard InChI is InChI=1S/C21H15N3OS/c25-20(17-7-4-12-22-13-17)23-18-10-8-15(9-11-18)19-14-26-21(24-19)16-5-2-1-3-6-16/h1-14H,(H,23,25). The van der Waals surface area contributed by atoms with Crippen LogP contribution in [0.4, 0.5) is 5.69 Å². The van der Waals surface area contributed by atoms with Gasteiger partial charge in [0.05, 0.1) is 11.3 Å². The molecule has 0 atom stereocenters. The number of carbonyl (C=O) groups excluding carboxylic acids is 1. The van der Waals surface area contributed by atoms with Crippen LogP contribution in [0.25, 0.3) is 21.8 Å². The zero-order chi connectivity index (χ0) is 17.8. The van der Waals surface area contributed by atoms with Crippen LogP contribution in [-0.4, -0.2) is 15.9 Å². The van der Waals surface area contributed by atoms with Gasteiger partial charge in [0, 0.05) is 34.6 Å². The Morgan fingerprint density at radius 2 is 1.69 bits per heavy atom. The molecule has 0 saturated heterocycles. The van der Waals surface area contributed by atoms with E-state index in [1.165, 1.54) is 0 Å². The van der Waals surface area contributed by atoms with Crippen molar-refractivity contribution in [3.63, 3.8) is 0 Å². The van der Waals surface area contributed by atoms with Crippen LogP contribution in [0.5, 0.6) is 0 Å². The molecule has 126 valence electrons. The zero-order valence-electron chi connectivity index (χ0n) is 13.8. The van der Waals surface area contributed by atoms with Crippen LogP contribution in [-0.2, 0) is 0 Å². The fourth-order valence-electron chi connectivity index (χ4n) is 2.54. The van der Waals surface area contributed by atoms with E-state index in [0.717, 1.165) is 27.5 Å². The van der Waals surface area contributed by atoms with Crippen molar-refractivity contribution in [2.75, 3.05) is 5.32 Å². The van der Waals surface area contributed by atoms with Gasteiger partial charge in [0.25, 0.3) is 5.91 Å². The summed E-state index contributed by atoms with van der Waals surface area (Å²) in [4.78, 5) is 20.8. The van der Waals surface area contributed by atoms with Crippen LogP contribution in [0, 0.1) is 0 Å². The highest BCUT2D eigenvalue weighted by atomic mass is 32.1. The van der Waals surface area contributed by atoms with E-state index >= 15 is 0 Å².